The summed E-state index contributed by atoms with van der Waals surface area (Å²) in [7, 11) is -4.14. The van der Waals surface area contributed by atoms with Crippen LogP contribution < -0.4 is 0 Å². The van der Waals surface area contributed by atoms with Gasteiger partial charge in [0.1, 0.15) is 0 Å². The maximum atomic E-state index is 12.7. The highest BCUT2D eigenvalue weighted by Gasteiger charge is 2.37. The fraction of sp³-hybridized carbons (Fsp3) is 0.538. The fourth-order valence-corrected chi connectivity index (χ4v) is 6.96. The minimum absolute atomic E-state index is 0.125. The van der Waals surface area contributed by atoms with Crippen molar-refractivity contribution in [3.05, 3.63) is 30.3 Å². The monoisotopic (exact) mass is 269 g/mol. The first-order valence-electron chi connectivity index (χ1n) is 5.85. The summed E-state index contributed by atoms with van der Waals surface area (Å²) < 4.78 is 17.5. The highest BCUT2D eigenvalue weighted by molar-refractivity contribution is 7.93. The molecule has 4 heteroatoms. The van der Waals surface area contributed by atoms with Gasteiger partial charge in [-0.25, -0.2) is 4.21 Å². The van der Waals surface area contributed by atoms with Crippen molar-refractivity contribution in [3.8, 4) is 0 Å². The van der Waals surface area contributed by atoms with Crippen molar-refractivity contribution < 1.29 is 4.21 Å². The largest absolute Gasteiger partial charge is 0.274 e. The van der Waals surface area contributed by atoms with Crippen LogP contribution in [0.5, 0.6) is 0 Å². The maximum absolute atomic E-state index is 12.7. The molecule has 1 aromatic carbocycles. The van der Waals surface area contributed by atoms with Crippen molar-refractivity contribution in [2.75, 3.05) is 6.26 Å². The van der Waals surface area contributed by atoms with Crippen LogP contribution in [0.2, 0.25) is 18.1 Å². The van der Waals surface area contributed by atoms with E-state index in [-0.39, 0.29) is 5.04 Å². The van der Waals surface area contributed by atoms with Gasteiger partial charge in [0.2, 0.25) is 0 Å². The second-order valence-electron chi connectivity index (χ2n) is 6.02. The summed E-state index contributed by atoms with van der Waals surface area (Å²) in [6.07, 6.45) is 1.75. The van der Waals surface area contributed by atoms with Crippen molar-refractivity contribution >= 4 is 18.0 Å². The molecule has 1 atom stereocenters. The van der Waals surface area contributed by atoms with Crippen LogP contribution in [0.3, 0.4) is 0 Å². The zero-order valence-electron chi connectivity index (χ0n) is 11.7. The Morgan fingerprint density at radius 3 is 2.00 bits per heavy atom. The van der Waals surface area contributed by atoms with Gasteiger partial charge in [-0.3, -0.25) is 4.03 Å². The molecule has 17 heavy (non-hydrogen) atoms. The highest BCUT2D eigenvalue weighted by atomic mass is 32.2. The lowest BCUT2D eigenvalue weighted by molar-refractivity contribution is 0.678. The first-order valence-corrected chi connectivity index (χ1v) is 10.7. The van der Waals surface area contributed by atoms with Crippen LogP contribution in [-0.2, 0) is 9.73 Å². The third-order valence-electron chi connectivity index (χ3n) is 3.42. The number of rotatable bonds is 2. The molecular weight excluding hydrogens is 246 g/mol. The van der Waals surface area contributed by atoms with Gasteiger partial charge in [-0.05, 0) is 30.3 Å². The molecule has 0 aliphatic rings. The standard InChI is InChI=1S/C13H23NOSSi/c1-13(2,3)17(5,6)14-16(4,15)12-10-8-7-9-11-12/h7-11H,1-6H3/t16-/m1/s1. The predicted octanol–water partition coefficient (Wildman–Crippen LogP) is 4.15. The van der Waals surface area contributed by atoms with Gasteiger partial charge in [-0.15, -0.1) is 0 Å². The second-order valence-corrected chi connectivity index (χ2v) is 13.4. The molecule has 0 aromatic heterocycles. The van der Waals surface area contributed by atoms with Crippen LogP contribution in [0.15, 0.2) is 39.3 Å². The van der Waals surface area contributed by atoms with Crippen LogP contribution in [0.1, 0.15) is 20.8 Å². The van der Waals surface area contributed by atoms with Crippen molar-refractivity contribution in [2.45, 2.75) is 43.8 Å². The Kier molecular flexibility index (Phi) is 3.89. The van der Waals surface area contributed by atoms with Crippen LogP contribution in [0.4, 0.5) is 0 Å². The number of benzene rings is 1. The van der Waals surface area contributed by atoms with Gasteiger partial charge in [0.05, 0.1) is 9.73 Å². The molecule has 0 spiro atoms. The Bertz CT molecular complexity index is 494. The zero-order valence-corrected chi connectivity index (χ0v) is 13.5. The topological polar surface area (TPSA) is 29.4 Å². The molecule has 0 unspecified atom stereocenters. The SMILES string of the molecule is CC(C)(C)[Si](C)(C)N=[S@](C)(=O)c1ccccc1. The van der Waals surface area contributed by atoms with E-state index in [2.05, 4.69) is 33.9 Å². The minimum atomic E-state index is -2.26. The van der Waals surface area contributed by atoms with E-state index in [1.165, 1.54) is 0 Å². The lowest BCUT2D eigenvalue weighted by Crippen LogP contribution is -2.36. The molecule has 0 heterocycles. The summed E-state index contributed by atoms with van der Waals surface area (Å²) in [6, 6.07) is 9.57. The molecular formula is C13H23NOSSi. The third-order valence-corrected chi connectivity index (χ3v) is 11.5. The fourth-order valence-electron chi connectivity index (χ4n) is 1.30. The molecule has 0 saturated carbocycles. The van der Waals surface area contributed by atoms with Gasteiger partial charge in [0, 0.05) is 11.2 Å². The highest BCUT2D eigenvalue weighted by Crippen LogP contribution is 2.38. The van der Waals surface area contributed by atoms with Gasteiger partial charge in [0.15, 0.2) is 8.24 Å². The smallest absolute Gasteiger partial charge is 0.193 e. The number of nitrogens with zero attached hydrogens (tertiary/aromatic N) is 1. The van der Waals surface area contributed by atoms with Crippen LogP contribution in [0, 0.1) is 0 Å². The summed E-state index contributed by atoms with van der Waals surface area (Å²) in [4.78, 5) is 0.838. The van der Waals surface area contributed by atoms with Gasteiger partial charge in [0.25, 0.3) is 0 Å². The number of hydrogen-bond acceptors (Lipinski definition) is 2. The summed E-state index contributed by atoms with van der Waals surface area (Å²) >= 11 is 0. The first-order chi connectivity index (χ1) is 7.56. The Morgan fingerprint density at radius 1 is 1.12 bits per heavy atom. The molecule has 0 fully saturated rings. The molecule has 1 aromatic rings. The second kappa shape index (κ2) is 4.57. The summed E-state index contributed by atoms with van der Waals surface area (Å²) in [5, 5.41) is 0.125. The summed E-state index contributed by atoms with van der Waals surface area (Å²) in [5.41, 5.74) is 0. The molecule has 2 nitrogen and oxygen atoms in total. The van der Waals surface area contributed by atoms with Crippen LogP contribution in [-0.4, -0.2) is 18.7 Å². The summed E-state index contributed by atoms with van der Waals surface area (Å²) in [6.45, 7) is 10.9. The Balaban J connectivity index is 3.29. The lowest BCUT2D eigenvalue weighted by Gasteiger charge is -2.33. The van der Waals surface area contributed by atoms with Crippen molar-refractivity contribution in [2.24, 2.45) is 4.03 Å². The molecule has 0 radical (unpaired) electrons. The third kappa shape index (κ3) is 3.42. The van der Waals surface area contributed by atoms with E-state index >= 15 is 0 Å². The molecule has 0 bridgehead atoms. The average molecular weight is 269 g/mol. The van der Waals surface area contributed by atoms with E-state index in [1.54, 1.807) is 6.26 Å². The quantitative estimate of drug-likeness (QED) is 0.742. The number of hydrogen-bond donors (Lipinski definition) is 0. The molecule has 0 saturated heterocycles. The van der Waals surface area contributed by atoms with Crippen LogP contribution >= 0.6 is 0 Å². The maximum Gasteiger partial charge on any atom is 0.193 e. The van der Waals surface area contributed by atoms with Gasteiger partial charge in [-0.2, -0.15) is 0 Å². The molecule has 0 aliphatic heterocycles. The Morgan fingerprint density at radius 2 is 1.59 bits per heavy atom. The van der Waals surface area contributed by atoms with E-state index in [0.717, 1.165) is 4.90 Å². The predicted molar refractivity (Wildman–Crippen MR) is 78.4 cm³/mol. The summed E-state index contributed by atoms with van der Waals surface area (Å²) in [5.74, 6) is 0. The van der Waals surface area contributed by atoms with E-state index in [0.29, 0.717) is 0 Å². The first kappa shape index (κ1) is 14.4. The van der Waals surface area contributed by atoms with Gasteiger partial charge < -0.3 is 0 Å². The molecule has 0 amide bonds. The lowest BCUT2D eigenvalue weighted by atomic mass is 10.2. The van der Waals surface area contributed by atoms with Gasteiger partial charge >= 0.3 is 0 Å². The normalized spacial score (nSPS) is 16.4. The Hall–Kier alpha value is -0.613. The average Bonchev–Trinajstić information content (AvgIpc) is 2.15. The van der Waals surface area contributed by atoms with E-state index < -0.39 is 18.0 Å². The van der Waals surface area contributed by atoms with Crippen molar-refractivity contribution in [1.29, 1.82) is 0 Å². The van der Waals surface area contributed by atoms with E-state index in [9.17, 15) is 4.21 Å². The molecule has 0 N–H and O–H groups in total. The van der Waals surface area contributed by atoms with Crippen LogP contribution in [0.25, 0.3) is 0 Å². The van der Waals surface area contributed by atoms with Crippen molar-refractivity contribution in [1.82, 2.24) is 0 Å². The minimum Gasteiger partial charge on any atom is -0.274 e. The van der Waals surface area contributed by atoms with Gasteiger partial charge in [-0.1, -0.05) is 39.0 Å². The van der Waals surface area contributed by atoms with E-state index in [1.807, 2.05) is 30.3 Å². The van der Waals surface area contributed by atoms with Crippen molar-refractivity contribution in [3.63, 3.8) is 0 Å². The van der Waals surface area contributed by atoms with E-state index in [4.69, 9.17) is 4.03 Å². The molecule has 0 aliphatic carbocycles. The Labute approximate surface area is 107 Å². The zero-order chi connectivity index (χ0) is 13.3. The molecule has 1 rings (SSSR count). The molecule has 96 valence electrons.